The van der Waals surface area contributed by atoms with Crippen LogP contribution in [0.25, 0.3) is 0 Å². The second-order valence-corrected chi connectivity index (χ2v) is 3.11. The maximum Gasteiger partial charge on any atom is 0.409 e. The molecule has 0 spiro atoms. The fourth-order valence-corrected chi connectivity index (χ4v) is 0.461. The highest BCUT2D eigenvalue weighted by atomic mass is 17.2. The fraction of sp³-hybridized carbons (Fsp3) is 0.857. The van der Waals surface area contributed by atoms with Crippen LogP contribution in [-0.2, 0) is 14.5 Å². The van der Waals surface area contributed by atoms with E-state index in [4.69, 9.17) is 4.74 Å². The molecule has 5 heteroatoms. The smallest absolute Gasteiger partial charge is 0.409 e. The highest BCUT2D eigenvalue weighted by molar-refractivity contribution is 5.67. The molecule has 0 saturated carbocycles. The Kier molecular flexibility index (Phi) is 4.61. The van der Waals surface area contributed by atoms with Crippen LogP contribution in [0, 0.1) is 0 Å². The van der Waals surface area contributed by atoms with Gasteiger partial charge < -0.3 is 4.74 Å². The lowest BCUT2D eigenvalue weighted by atomic mass is 10.2. The van der Waals surface area contributed by atoms with E-state index in [2.05, 4.69) is 15.1 Å². The van der Waals surface area contributed by atoms with Crippen molar-refractivity contribution in [1.82, 2.24) is 5.32 Å². The number of carbonyl (C=O) groups excluding carboxylic acids is 1. The lowest BCUT2D eigenvalue weighted by molar-refractivity contribution is -0.275. The van der Waals surface area contributed by atoms with E-state index in [0.717, 1.165) is 0 Å². The average molecular weight is 177 g/mol. The molecule has 0 bridgehead atoms. The molecule has 0 aliphatic carbocycles. The van der Waals surface area contributed by atoms with Gasteiger partial charge in [0.05, 0.1) is 7.11 Å². The molecule has 5 nitrogen and oxygen atoms in total. The molecule has 1 N–H and O–H groups in total. The zero-order valence-corrected chi connectivity index (χ0v) is 7.84. The van der Waals surface area contributed by atoms with Gasteiger partial charge >= 0.3 is 6.09 Å². The molecule has 0 aliphatic heterocycles. The van der Waals surface area contributed by atoms with Gasteiger partial charge in [0.25, 0.3) is 0 Å². The number of hydrogen-bond acceptors (Lipinski definition) is 4. The van der Waals surface area contributed by atoms with Crippen molar-refractivity contribution in [1.29, 1.82) is 0 Å². The van der Waals surface area contributed by atoms with Gasteiger partial charge in [-0.3, -0.25) is 5.32 Å². The summed E-state index contributed by atoms with van der Waals surface area (Å²) in [5.41, 5.74) is -0.489. The van der Waals surface area contributed by atoms with Gasteiger partial charge in [0.15, 0.2) is 6.73 Å². The first-order valence-corrected chi connectivity index (χ1v) is 3.58. The molecule has 0 atom stereocenters. The maximum absolute atomic E-state index is 10.9. The van der Waals surface area contributed by atoms with Crippen molar-refractivity contribution in [3.05, 3.63) is 0 Å². The summed E-state index contributed by atoms with van der Waals surface area (Å²) in [6.07, 6.45) is -0.528. The van der Waals surface area contributed by atoms with E-state index in [-0.39, 0.29) is 6.73 Å². The molecule has 0 aromatic rings. The molecule has 0 aromatic heterocycles. The minimum absolute atomic E-state index is 0.0224. The Morgan fingerprint density at radius 1 is 1.42 bits per heavy atom. The second kappa shape index (κ2) is 4.95. The first-order chi connectivity index (χ1) is 5.45. The van der Waals surface area contributed by atoms with Crippen LogP contribution in [0.4, 0.5) is 4.79 Å². The highest BCUT2D eigenvalue weighted by Crippen LogP contribution is 2.05. The van der Waals surface area contributed by atoms with Gasteiger partial charge in [-0.1, -0.05) is 0 Å². The number of carbonyl (C=O) groups is 1. The van der Waals surface area contributed by atoms with Crippen LogP contribution in [0.5, 0.6) is 0 Å². The summed E-state index contributed by atoms with van der Waals surface area (Å²) in [5, 5.41) is 2.33. The van der Waals surface area contributed by atoms with Crippen molar-refractivity contribution in [3.8, 4) is 0 Å². The second-order valence-electron chi connectivity index (χ2n) is 3.11. The Morgan fingerprint density at radius 3 is 2.42 bits per heavy atom. The lowest BCUT2D eigenvalue weighted by Crippen LogP contribution is -2.33. The van der Waals surface area contributed by atoms with Crippen LogP contribution < -0.4 is 5.32 Å². The van der Waals surface area contributed by atoms with E-state index in [1.54, 1.807) is 20.8 Å². The van der Waals surface area contributed by atoms with Crippen LogP contribution in [0.15, 0.2) is 0 Å². The Bertz CT molecular complexity index is 141. The van der Waals surface area contributed by atoms with Gasteiger partial charge in [0, 0.05) is 0 Å². The highest BCUT2D eigenvalue weighted by Gasteiger charge is 2.15. The third-order valence-corrected chi connectivity index (χ3v) is 0.792. The molecule has 0 aromatic carbocycles. The molecule has 72 valence electrons. The lowest BCUT2D eigenvalue weighted by Gasteiger charge is -2.19. The maximum atomic E-state index is 10.9. The largest absolute Gasteiger partial charge is 0.444 e. The third-order valence-electron chi connectivity index (χ3n) is 0.792. The summed E-state index contributed by atoms with van der Waals surface area (Å²) in [5.74, 6) is 0. The van der Waals surface area contributed by atoms with Crippen LogP contribution in [0.1, 0.15) is 20.8 Å². The number of nitrogens with one attached hydrogen (secondary N) is 1. The topological polar surface area (TPSA) is 56.8 Å². The summed E-state index contributed by atoms with van der Waals surface area (Å²) in [6, 6.07) is 0. The average Bonchev–Trinajstić information content (AvgIpc) is 1.84. The number of amides is 1. The number of ether oxygens (including phenoxy) is 1. The fourth-order valence-electron chi connectivity index (χ4n) is 0.461. The Balaban J connectivity index is 3.47. The first kappa shape index (κ1) is 11.2. The molecule has 12 heavy (non-hydrogen) atoms. The minimum Gasteiger partial charge on any atom is -0.444 e. The summed E-state index contributed by atoms with van der Waals surface area (Å²) in [6.45, 7) is 5.32. The van der Waals surface area contributed by atoms with Gasteiger partial charge in [-0.15, -0.1) is 0 Å². The van der Waals surface area contributed by atoms with Crippen molar-refractivity contribution >= 4 is 6.09 Å². The molecule has 0 unspecified atom stereocenters. The molecular weight excluding hydrogens is 162 g/mol. The normalized spacial score (nSPS) is 11.0. The minimum atomic E-state index is -0.528. The zero-order valence-electron chi connectivity index (χ0n) is 7.84. The predicted molar refractivity (Wildman–Crippen MR) is 42.3 cm³/mol. The molecule has 0 rings (SSSR count). The molecule has 0 radical (unpaired) electrons. The van der Waals surface area contributed by atoms with E-state index < -0.39 is 11.7 Å². The van der Waals surface area contributed by atoms with Crippen molar-refractivity contribution in [2.75, 3.05) is 13.8 Å². The van der Waals surface area contributed by atoms with E-state index in [1.807, 2.05) is 0 Å². The van der Waals surface area contributed by atoms with Crippen LogP contribution >= 0.6 is 0 Å². The predicted octanol–water partition coefficient (Wildman–Crippen LogP) is 1.05. The first-order valence-electron chi connectivity index (χ1n) is 3.58. The summed E-state index contributed by atoms with van der Waals surface area (Å²) in [7, 11) is 1.36. The van der Waals surface area contributed by atoms with E-state index >= 15 is 0 Å². The van der Waals surface area contributed by atoms with Gasteiger partial charge in [-0.2, -0.15) is 0 Å². The molecule has 0 saturated heterocycles. The van der Waals surface area contributed by atoms with Crippen LogP contribution in [0.3, 0.4) is 0 Å². The van der Waals surface area contributed by atoms with Gasteiger partial charge in [0.1, 0.15) is 5.60 Å². The van der Waals surface area contributed by atoms with E-state index in [9.17, 15) is 4.79 Å². The molecule has 0 fully saturated rings. The molecule has 1 amide bonds. The van der Waals surface area contributed by atoms with Crippen molar-refractivity contribution in [3.63, 3.8) is 0 Å². The zero-order chi connectivity index (χ0) is 9.61. The van der Waals surface area contributed by atoms with Gasteiger partial charge in [0.2, 0.25) is 0 Å². The molecule has 0 aliphatic rings. The number of rotatable bonds is 3. The standard InChI is InChI=1S/C7H15NO4/c1-7(2,3)12-6(9)8-5-11-10-4/h5H2,1-4H3,(H,8,9). The summed E-state index contributed by atoms with van der Waals surface area (Å²) < 4.78 is 4.90. The Hall–Kier alpha value is -0.810. The van der Waals surface area contributed by atoms with E-state index in [1.165, 1.54) is 7.11 Å². The van der Waals surface area contributed by atoms with E-state index in [0.29, 0.717) is 0 Å². The summed E-state index contributed by atoms with van der Waals surface area (Å²) in [4.78, 5) is 19.5. The van der Waals surface area contributed by atoms with Crippen molar-refractivity contribution < 1.29 is 19.3 Å². The van der Waals surface area contributed by atoms with Crippen LogP contribution in [-0.4, -0.2) is 25.5 Å². The third kappa shape index (κ3) is 7.30. The van der Waals surface area contributed by atoms with Crippen LogP contribution in [0.2, 0.25) is 0 Å². The molecule has 0 heterocycles. The molecular formula is C7H15NO4. The van der Waals surface area contributed by atoms with Gasteiger partial charge in [-0.05, 0) is 20.8 Å². The monoisotopic (exact) mass is 177 g/mol. The van der Waals surface area contributed by atoms with Gasteiger partial charge in [-0.25, -0.2) is 14.6 Å². The summed E-state index contributed by atoms with van der Waals surface area (Å²) >= 11 is 0. The number of hydrogen-bond donors (Lipinski definition) is 1. The number of alkyl carbamates (subject to hydrolysis) is 1. The quantitative estimate of drug-likeness (QED) is 0.303. The Labute approximate surface area is 71.9 Å². The van der Waals surface area contributed by atoms with Crippen molar-refractivity contribution in [2.24, 2.45) is 0 Å². The SMILES string of the molecule is COOCNC(=O)OC(C)(C)C. The van der Waals surface area contributed by atoms with Crippen molar-refractivity contribution in [2.45, 2.75) is 26.4 Å². The Morgan fingerprint density at radius 2 is 2.00 bits per heavy atom.